The smallest absolute Gasteiger partial charge is 0.0300 e. The highest BCUT2D eigenvalue weighted by Crippen LogP contribution is 2.44. The van der Waals surface area contributed by atoms with Gasteiger partial charge >= 0.3 is 0 Å². The third-order valence-electron chi connectivity index (χ3n) is 4.56. The Morgan fingerprint density at radius 3 is 1.62 bits per heavy atom. The van der Waals surface area contributed by atoms with Gasteiger partial charge in [0, 0.05) is 0 Å². The molecule has 0 fully saturated rings. The van der Waals surface area contributed by atoms with Gasteiger partial charge in [-0.05, 0) is 23.7 Å². The normalized spacial score (nSPS) is 13.1. The summed E-state index contributed by atoms with van der Waals surface area (Å²) in [5.74, 6) is 0. The van der Waals surface area contributed by atoms with Crippen molar-refractivity contribution in [1.29, 1.82) is 0 Å². The van der Waals surface area contributed by atoms with Crippen LogP contribution in [0.15, 0.2) is 0 Å². The lowest BCUT2D eigenvalue weighted by Crippen LogP contribution is -2.27. The van der Waals surface area contributed by atoms with Gasteiger partial charge in [-0.1, -0.05) is 80.1 Å². The van der Waals surface area contributed by atoms with Crippen LogP contribution in [0.3, 0.4) is 0 Å². The summed E-state index contributed by atoms with van der Waals surface area (Å²) in [6.45, 7) is 14.3. The third kappa shape index (κ3) is 5.37. The number of unbranched alkanes of at least 4 members (excludes halogenated alkanes) is 2. The van der Waals surface area contributed by atoms with E-state index in [2.05, 4.69) is 41.5 Å². The summed E-state index contributed by atoms with van der Waals surface area (Å²) in [5, 5.41) is 0. The van der Waals surface area contributed by atoms with Crippen LogP contribution in [0.25, 0.3) is 0 Å². The molecule has 0 bridgehead atoms. The zero-order chi connectivity index (χ0) is 12.7. The lowest BCUT2D eigenvalue weighted by molar-refractivity contribution is 0.127. The van der Waals surface area contributed by atoms with Gasteiger partial charge in [0.1, 0.15) is 0 Å². The van der Waals surface area contributed by atoms with Gasteiger partial charge in [0.25, 0.3) is 0 Å². The van der Waals surface area contributed by atoms with E-state index in [9.17, 15) is 0 Å². The van der Waals surface area contributed by atoms with E-state index in [1.54, 1.807) is 0 Å². The molecule has 0 amide bonds. The third-order valence-corrected chi connectivity index (χ3v) is 4.56. The summed E-state index contributed by atoms with van der Waals surface area (Å²) in [6, 6.07) is 0. The largest absolute Gasteiger partial charge is 0.0654 e. The predicted octanol–water partition coefficient (Wildman–Crippen LogP) is 6.20. The standard InChI is InChI=1S/C16H34/c1-7-11-12-13-15(5,6)14-16(8-2,9-3)10-4/h7-14H2,1-6H3. The molecule has 0 saturated carbocycles. The second-order valence-corrected chi connectivity index (χ2v) is 6.36. The van der Waals surface area contributed by atoms with Gasteiger partial charge in [0.15, 0.2) is 0 Å². The van der Waals surface area contributed by atoms with Crippen molar-refractivity contribution in [2.75, 3.05) is 0 Å². The molecule has 0 spiro atoms. The molecule has 0 aliphatic heterocycles. The van der Waals surface area contributed by atoms with Crippen LogP contribution in [0.1, 0.15) is 92.9 Å². The topological polar surface area (TPSA) is 0 Å². The summed E-state index contributed by atoms with van der Waals surface area (Å²) in [5.41, 5.74) is 1.15. The molecule has 0 heterocycles. The van der Waals surface area contributed by atoms with Crippen LogP contribution in [0, 0.1) is 10.8 Å². The first-order valence-corrected chi connectivity index (χ1v) is 7.45. The summed E-state index contributed by atoms with van der Waals surface area (Å²) in [7, 11) is 0. The lowest BCUT2D eigenvalue weighted by Gasteiger charge is -2.39. The minimum Gasteiger partial charge on any atom is -0.0654 e. The molecule has 0 N–H and O–H groups in total. The molecule has 0 rings (SSSR count). The Bertz CT molecular complexity index is 155. The van der Waals surface area contributed by atoms with Crippen molar-refractivity contribution in [1.82, 2.24) is 0 Å². The van der Waals surface area contributed by atoms with Gasteiger partial charge in [-0.15, -0.1) is 0 Å². The number of hydrogen-bond donors (Lipinski definition) is 0. The molecule has 0 atom stereocenters. The van der Waals surface area contributed by atoms with E-state index in [1.165, 1.54) is 51.4 Å². The van der Waals surface area contributed by atoms with E-state index in [4.69, 9.17) is 0 Å². The Morgan fingerprint density at radius 1 is 0.750 bits per heavy atom. The summed E-state index contributed by atoms with van der Waals surface area (Å²) < 4.78 is 0. The van der Waals surface area contributed by atoms with Crippen LogP contribution < -0.4 is 0 Å². The average Bonchev–Trinajstić information content (AvgIpc) is 2.26. The molecule has 0 aromatic carbocycles. The van der Waals surface area contributed by atoms with Gasteiger partial charge in [0.2, 0.25) is 0 Å². The van der Waals surface area contributed by atoms with E-state index in [1.807, 2.05) is 0 Å². The van der Waals surface area contributed by atoms with E-state index < -0.39 is 0 Å². The molecule has 0 aliphatic carbocycles. The first kappa shape index (κ1) is 16.0. The first-order chi connectivity index (χ1) is 7.45. The Kier molecular flexibility index (Phi) is 7.35. The number of rotatable bonds is 9. The molecule has 0 radical (unpaired) electrons. The molecule has 0 nitrogen and oxygen atoms in total. The molecule has 0 unspecified atom stereocenters. The highest BCUT2D eigenvalue weighted by molar-refractivity contribution is 4.83. The fraction of sp³-hybridized carbons (Fsp3) is 1.00. The maximum atomic E-state index is 2.47. The monoisotopic (exact) mass is 226 g/mol. The number of hydrogen-bond acceptors (Lipinski definition) is 0. The van der Waals surface area contributed by atoms with Crippen molar-refractivity contribution >= 4 is 0 Å². The zero-order valence-corrected chi connectivity index (χ0v) is 12.7. The summed E-state index contributed by atoms with van der Waals surface area (Å²) in [6.07, 6.45) is 11.0. The molecule has 98 valence electrons. The van der Waals surface area contributed by atoms with Crippen molar-refractivity contribution in [2.24, 2.45) is 10.8 Å². The fourth-order valence-electron chi connectivity index (χ4n) is 3.08. The Hall–Kier alpha value is 0. The Labute approximate surface area is 104 Å². The van der Waals surface area contributed by atoms with Gasteiger partial charge in [-0.25, -0.2) is 0 Å². The highest BCUT2D eigenvalue weighted by Gasteiger charge is 2.31. The maximum absolute atomic E-state index is 2.47. The van der Waals surface area contributed by atoms with Gasteiger partial charge in [-0.3, -0.25) is 0 Å². The van der Waals surface area contributed by atoms with Crippen molar-refractivity contribution in [3.63, 3.8) is 0 Å². The Morgan fingerprint density at radius 2 is 1.25 bits per heavy atom. The molecule has 0 aromatic heterocycles. The quantitative estimate of drug-likeness (QED) is 0.411. The van der Waals surface area contributed by atoms with Crippen LogP contribution in [0.5, 0.6) is 0 Å². The van der Waals surface area contributed by atoms with E-state index in [-0.39, 0.29) is 0 Å². The maximum Gasteiger partial charge on any atom is -0.0300 e. The molecule has 16 heavy (non-hydrogen) atoms. The van der Waals surface area contributed by atoms with Crippen molar-refractivity contribution in [3.8, 4) is 0 Å². The Balaban J connectivity index is 4.29. The fourth-order valence-corrected chi connectivity index (χ4v) is 3.08. The lowest BCUT2D eigenvalue weighted by atomic mass is 9.67. The van der Waals surface area contributed by atoms with E-state index >= 15 is 0 Å². The van der Waals surface area contributed by atoms with Gasteiger partial charge in [0.05, 0.1) is 0 Å². The SMILES string of the molecule is CCCCCC(C)(C)CC(CC)(CC)CC. The van der Waals surface area contributed by atoms with Crippen LogP contribution in [-0.2, 0) is 0 Å². The minimum absolute atomic E-state index is 0.539. The summed E-state index contributed by atoms with van der Waals surface area (Å²) in [4.78, 5) is 0. The second kappa shape index (κ2) is 7.35. The van der Waals surface area contributed by atoms with E-state index in [0.717, 1.165) is 0 Å². The molecular formula is C16H34. The average molecular weight is 226 g/mol. The van der Waals surface area contributed by atoms with Crippen molar-refractivity contribution in [3.05, 3.63) is 0 Å². The highest BCUT2D eigenvalue weighted by atomic mass is 14.4. The first-order valence-electron chi connectivity index (χ1n) is 7.45. The molecular weight excluding hydrogens is 192 g/mol. The minimum atomic E-state index is 0.539. The second-order valence-electron chi connectivity index (χ2n) is 6.36. The van der Waals surface area contributed by atoms with Gasteiger partial charge < -0.3 is 0 Å². The molecule has 0 saturated heterocycles. The molecule has 0 aromatic rings. The van der Waals surface area contributed by atoms with Crippen LogP contribution >= 0.6 is 0 Å². The van der Waals surface area contributed by atoms with Crippen LogP contribution in [-0.4, -0.2) is 0 Å². The van der Waals surface area contributed by atoms with Crippen LogP contribution in [0.4, 0.5) is 0 Å². The summed E-state index contributed by atoms with van der Waals surface area (Å²) >= 11 is 0. The van der Waals surface area contributed by atoms with Crippen molar-refractivity contribution < 1.29 is 0 Å². The van der Waals surface area contributed by atoms with Crippen molar-refractivity contribution in [2.45, 2.75) is 92.9 Å². The van der Waals surface area contributed by atoms with Crippen LogP contribution in [0.2, 0.25) is 0 Å². The van der Waals surface area contributed by atoms with E-state index in [0.29, 0.717) is 10.8 Å². The molecule has 0 aliphatic rings. The molecule has 0 heteroatoms. The zero-order valence-electron chi connectivity index (χ0n) is 12.7. The van der Waals surface area contributed by atoms with Gasteiger partial charge in [-0.2, -0.15) is 0 Å². The predicted molar refractivity (Wildman–Crippen MR) is 75.8 cm³/mol.